The van der Waals surface area contributed by atoms with Crippen LogP contribution in [0.25, 0.3) is 0 Å². The molecule has 0 rings (SSSR count). The van der Waals surface area contributed by atoms with Crippen molar-refractivity contribution in [1.29, 1.82) is 0 Å². The van der Waals surface area contributed by atoms with Gasteiger partial charge in [0.05, 0.1) is 31.9 Å². The lowest BCUT2D eigenvalue weighted by atomic mass is 10.2. The predicted octanol–water partition coefficient (Wildman–Crippen LogP) is 4.89. The van der Waals surface area contributed by atoms with E-state index in [4.69, 9.17) is 0 Å². The number of hydrogen-bond donors (Lipinski definition) is 0. The molecule has 0 aliphatic rings. The molecule has 0 amide bonds. The Balaban J connectivity index is 0. The first kappa shape index (κ1) is 27.8. The van der Waals surface area contributed by atoms with E-state index in [9.17, 15) is 26.1 Å². The van der Waals surface area contributed by atoms with Crippen LogP contribution in [0.1, 0.15) is 25.7 Å². The summed E-state index contributed by atoms with van der Waals surface area (Å²) in [5.74, 6) is -0.596. The number of rotatable bonds is 14. The van der Waals surface area contributed by atoms with Crippen molar-refractivity contribution in [2.75, 3.05) is 31.9 Å². The van der Waals surface area contributed by atoms with Crippen LogP contribution in [0.3, 0.4) is 0 Å². The number of alkyl halides is 3. The van der Waals surface area contributed by atoms with E-state index in [1.165, 1.54) is 0 Å². The maximum Gasteiger partial charge on any atom is 0.389 e. The van der Waals surface area contributed by atoms with Crippen LogP contribution in [0.4, 0.5) is 17.7 Å². The van der Waals surface area contributed by atoms with Crippen molar-refractivity contribution in [2.45, 2.75) is 31.9 Å². The molecule has 0 saturated heterocycles. The fraction of sp³-hybridized carbons (Fsp3) is 0.556. The Hall–Kier alpha value is -1.45. The highest BCUT2D eigenvalue weighted by molar-refractivity contribution is 7.86. The van der Waals surface area contributed by atoms with E-state index >= 15 is 0 Å². The molecular formula is C18H30F4NO3S+. The summed E-state index contributed by atoms with van der Waals surface area (Å²) in [6.07, 6.45) is 2.45. The van der Waals surface area contributed by atoms with Gasteiger partial charge < -0.3 is 4.48 Å². The molecule has 4 nitrogen and oxygen atoms in total. The average Bonchev–Trinajstić information content (AvgIpc) is 2.55. The van der Waals surface area contributed by atoms with Gasteiger partial charge in [-0.25, -0.2) is 0 Å². The van der Waals surface area contributed by atoms with E-state index < -0.39 is 28.5 Å². The molecule has 0 radical (unpaired) electrons. The molecule has 0 saturated carbocycles. The quantitative estimate of drug-likeness (QED) is 0.175. The monoisotopic (exact) mass is 416 g/mol. The molecule has 0 aliphatic heterocycles. The van der Waals surface area contributed by atoms with Gasteiger partial charge in [0.2, 0.25) is 0 Å². The van der Waals surface area contributed by atoms with Crippen LogP contribution in [-0.2, 0) is 14.5 Å². The Labute approximate surface area is 160 Å². The van der Waals surface area contributed by atoms with Gasteiger partial charge >= 0.3 is 6.18 Å². The van der Waals surface area contributed by atoms with Crippen molar-refractivity contribution in [3.05, 3.63) is 50.6 Å². The normalized spacial score (nSPS) is 11.9. The molecule has 158 valence electrons. The summed E-state index contributed by atoms with van der Waals surface area (Å²) in [5, 5.41) is 0. The first-order valence-corrected chi connectivity index (χ1v) is 9.97. The molecule has 0 atom stereocenters. The largest absolute Gasteiger partial charge is 0.389 e. The molecule has 0 bridgehead atoms. The van der Waals surface area contributed by atoms with Gasteiger partial charge in [-0.2, -0.15) is 21.6 Å². The number of quaternary nitrogens is 1. The number of unbranched alkanes of at least 4 members (excludes halogenated alkanes) is 2. The molecule has 27 heavy (non-hydrogen) atoms. The molecule has 0 aromatic rings. The maximum atomic E-state index is 11.6. The van der Waals surface area contributed by atoms with Gasteiger partial charge in [0, 0.05) is 6.42 Å². The third-order valence-electron chi connectivity index (χ3n) is 3.52. The third-order valence-corrected chi connectivity index (χ3v) is 4.50. The molecule has 0 aliphatic carbocycles. The summed E-state index contributed by atoms with van der Waals surface area (Å²) in [5.41, 5.74) is 0. The van der Waals surface area contributed by atoms with Crippen molar-refractivity contribution in [2.24, 2.45) is 0 Å². The van der Waals surface area contributed by atoms with Gasteiger partial charge in [-0.15, -0.1) is 0 Å². The van der Waals surface area contributed by atoms with Gasteiger partial charge in [-0.05, 0) is 41.7 Å². The van der Waals surface area contributed by atoms with Crippen LogP contribution in [0, 0.1) is 0 Å². The summed E-state index contributed by atoms with van der Waals surface area (Å²) < 4.78 is 70.2. The second kappa shape index (κ2) is 14.6. The first-order chi connectivity index (χ1) is 12.5. The zero-order chi connectivity index (χ0) is 21.4. The van der Waals surface area contributed by atoms with E-state index in [1.54, 1.807) is 0 Å². The minimum Gasteiger partial charge on any atom is -0.311 e. The highest BCUT2D eigenvalue weighted by Crippen LogP contribution is 2.22. The molecule has 0 heterocycles. The Morgan fingerprint density at radius 1 is 0.815 bits per heavy atom. The van der Waals surface area contributed by atoms with E-state index in [-0.39, 0.29) is 19.3 Å². The molecule has 0 aromatic carbocycles. The Morgan fingerprint density at radius 2 is 1.22 bits per heavy atom. The number of halogens is 4. The van der Waals surface area contributed by atoms with Crippen molar-refractivity contribution in [1.82, 2.24) is 0 Å². The van der Waals surface area contributed by atoms with Crippen molar-refractivity contribution < 1.29 is 35.0 Å². The lowest BCUT2D eigenvalue weighted by molar-refractivity contribution is -0.906. The average molecular weight is 417 g/mol. The SMILES string of the molecule is C=CC[N+](CC=C)(CC=C)CC=C.O=S(=O)(CCCCCC(F)(F)F)OF. The minimum absolute atomic E-state index is 0.0394. The Morgan fingerprint density at radius 3 is 1.52 bits per heavy atom. The lowest BCUT2D eigenvalue weighted by Crippen LogP contribution is -2.48. The molecule has 9 heteroatoms. The van der Waals surface area contributed by atoms with Crippen molar-refractivity contribution in [3.63, 3.8) is 0 Å². The summed E-state index contributed by atoms with van der Waals surface area (Å²) in [6, 6.07) is 0. The first-order valence-electron chi connectivity index (χ1n) is 8.39. The number of hydrogen-bond acceptors (Lipinski definition) is 3. The fourth-order valence-electron chi connectivity index (χ4n) is 2.36. The number of nitrogens with zero attached hydrogens (tertiary/aromatic N) is 1. The molecule has 0 aromatic heterocycles. The van der Waals surface area contributed by atoms with Gasteiger partial charge in [0.15, 0.2) is 0 Å². The minimum atomic E-state index is -4.23. The maximum absolute atomic E-state index is 11.6. The second-order valence-corrected chi connectivity index (χ2v) is 7.63. The molecule has 0 N–H and O–H groups in total. The smallest absolute Gasteiger partial charge is 0.311 e. The van der Waals surface area contributed by atoms with Gasteiger partial charge in [-0.1, -0.05) is 37.1 Å². The van der Waals surface area contributed by atoms with Crippen LogP contribution in [-0.4, -0.2) is 51.0 Å². The zero-order valence-electron chi connectivity index (χ0n) is 15.6. The summed E-state index contributed by atoms with van der Waals surface area (Å²) >= 11 is 0. The van der Waals surface area contributed by atoms with Gasteiger partial charge in [0.1, 0.15) is 0 Å². The van der Waals surface area contributed by atoms with Gasteiger partial charge in [0.25, 0.3) is 10.1 Å². The van der Waals surface area contributed by atoms with Crippen LogP contribution >= 0.6 is 0 Å². The topological polar surface area (TPSA) is 43.4 Å². The van der Waals surface area contributed by atoms with E-state index in [2.05, 4.69) is 30.7 Å². The van der Waals surface area contributed by atoms with E-state index in [0.717, 1.165) is 30.7 Å². The molecule has 0 unspecified atom stereocenters. The fourth-order valence-corrected chi connectivity index (χ4v) is 2.98. The van der Waals surface area contributed by atoms with E-state index in [1.807, 2.05) is 24.3 Å². The van der Waals surface area contributed by atoms with Crippen molar-refractivity contribution >= 4 is 10.1 Å². The summed E-state index contributed by atoms with van der Waals surface area (Å²) in [4.78, 5) is 0. The molecular weight excluding hydrogens is 386 g/mol. The van der Waals surface area contributed by atoms with Crippen molar-refractivity contribution in [3.8, 4) is 0 Å². The van der Waals surface area contributed by atoms with E-state index in [0.29, 0.717) is 0 Å². The summed E-state index contributed by atoms with van der Waals surface area (Å²) in [6.45, 7) is 18.8. The Bertz CT molecular complexity index is 500. The van der Waals surface area contributed by atoms with Crippen LogP contribution in [0.2, 0.25) is 0 Å². The highest BCUT2D eigenvalue weighted by Gasteiger charge is 2.26. The van der Waals surface area contributed by atoms with Crippen LogP contribution < -0.4 is 0 Å². The predicted molar refractivity (Wildman–Crippen MR) is 101 cm³/mol. The third kappa shape index (κ3) is 16.4. The second-order valence-electron chi connectivity index (χ2n) is 5.98. The standard InChI is InChI=1S/C12H20N.C6H10F4O3S/c1-5-9-13(10-6-2,11-7-3)12-8-4;7-6(8,9)4-2-1-3-5-14(11,12)13-10/h5-8H,1-4,9-12H2;1-5H2/q+1;. The zero-order valence-corrected chi connectivity index (χ0v) is 16.4. The highest BCUT2D eigenvalue weighted by atomic mass is 32.2. The Kier molecular flexibility index (Phi) is 15.0. The molecule has 0 fully saturated rings. The lowest BCUT2D eigenvalue weighted by Gasteiger charge is -2.35. The summed E-state index contributed by atoms with van der Waals surface area (Å²) in [7, 11) is -4.18. The molecule has 0 spiro atoms. The van der Waals surface area contributed by atoms with Crippen LogP contribution in [0.5, 0.6) is 0 Å². The van der Waals surface area contributed by atoms with Gasteiger partial charge in [-0.3, -0.25) is 0 Å². The van der Waals surface area contributed by atoms with Crippen LogP contribution in [0.15, 0.2) is 50.6 Å².